The normalized spacial score (nSPS) is 28.6. The maximum Gasteiger partial charge on any atom is 0.338 e. The molecule has 3 aromatic carbocycles. The Morgan fingerprint density at radius 3 is 1.33 bits per heavy atom. The molecule has 0 aromatic heterocycles. The molecule has 266 valence electrons. The zero-order valence-electron chi connectivity index (χ0n) is 28.1. The van der Waals surface area contributed by atoms with Gasteiger partial charge in [0.1, 0.15) is 18.3 Å². The molecule has 0 heterocycles. The molecule has 8 rings (SSSR count). The molecule has 8 atom stereocenters. The Hall–Kier alpha value is -5.73. The second-order valence-corrected chi connectivity index (χ2v) is 14.4. The first kappa shape index (κ1) is 35.1. The van der Waals surface area contributed by atoms with Crippen molar-refractivity contribution in [3.05, 3.63) is 120 Å². The van der Waals surface area contributed by atoms with Gasteiger partial charge in [0.05, 0.1) is 31.5 Å². The van der Waals surface area contributed by atoms with E-state index in [1.165, 1.54) is 72.8 Å². The van der Waals surface area contributed by atoms with Gasteiger partial charge in [-0.05, 0) is 60.6 Å². The van der Waals surface area contributed by atoms with Crippen LogP contribution < -0.4 is 0 Å². The number of esters is 3. The number of nitro benzene ring substituents is 3. The summed E-state index contributed by atoms with van der Waals surface area (Å²) in [6.07, 6.45) is -1.73. The molecule has 3 aromatic rings. The molecular weight excluding hydrogens is 666 g/mol. The highest BCUT2D eigenvalue weighted by Crippen LogP contribution is 2.74. The molecule has 5 fully saturated rings. The summed E-state index contributed by atoms with van der Waals surface area (Å²) in [5.41, 5.74) is -1.74. The Kier molecular flexibility index (Phi) is 8.86. The Morgan fingerprint density at radius 1 is 0.569 bits per heavy atom. The van der Waals surface area contributed by atoms with Crippen molar-refractivity contribution in [1.29, 1.82) is 0 Å². The lowest BCUT2D eigenvalue weighted by Crippen LogP contribution is -2.72. The van der Waals surface area contributed by atoms with E-state index in [-0.39, 0.29) is 63.8 Å². The van der Waals surface area contributed by atoms with E-state index in [0.717, 1.165) is 0 Å². The van der Waals surface area contributed by atoms with Crippen LogP contribution in [0.3, 0.4) is 0 Å². The molecule has 5 aliphatic carbocycles. The summed E-state index contributed by atoms with van der Waals surface area (Å²) in [6, 6.07) is 15.1. The summed E-state index contributed by atoms with van der Waals surface area (Å²) < 4.78 is 18.6. The molecule has 5 saturated carbocycles. The van der Waals surface area contributed by atoms with Gasteiger partial charge in [-0.25, -0.2) is 14.4 Å². The van der Waals surface area contributed by atoms with Crippen LogP contribution in [0.15, 0.2) is 72.8 Å². The van der Waals surface area contributed by atoms with Crippen LogP contribution in [0.4, 0.5) is 17.1 Å². The fourth-order valence-corrected chi connectivity index (χ4v) is 8.94. The molecule has 15 heteroatoms. The van der Waals surface area contributed by atoms with E-state index in [2.05, 4.69) is 0 Å². The fourth-order valence-electron chi connectivity index (χ4n) is 8.94. The van der Waals surface area contributed by atoms with Gasteiger partial charge in [-0.15, -0.1) is 0 Å². The SMILES string of the molecule is C[C@H]1C[C@@H](OC(=O)c2ccc([N+](=O)[O-])cc2)[C@@H]2[C@@H]3[C@H]1[C@@]2(C)[C@H](OC(=O)c1ccc([N+](=O)[O-])cc1)C[C@@H](OC(=O)c1ccc([N+](=O)[O-])cc1)C3(C)C. The maximum absolute atomic E-state index is 13.6. The van der Waals surface area contributed by atoms with Gasteiger partial charge in [0.15, 0.2) is 0 Å². The van der Waals surface area contributed by atoms with Crippen molar-refractivity contribution in [3.8, 4) is 0 Å². The van der Waals surface area contributed by atoms with E-state index in [4.69, 9.17) is 14.2 Å². The lowest BCUT2D eigenvalue weighted by atomic mass is 9.35. The van der Waals surface area contributed by atoms with E-state index >= 15 is 0 Å². The van der Waals surface area contributed by atoms with Crippen molar-refractivity contribution in [1.82, 2.24) is 0 Å². The lowest BCUT2D eigenvalue weighted by Gasteiger charge is -2.70. The number of carbonyl (C=O) groups excluding carboxylic acids is 3. The molecule has 4 bridgehead atoms. The van der Waals surface area contributed by atoms with E-state index in [9.17, 15) is 44.7 Å². The highest BCUT2D eigenvalue weighted by molar-refractivity contribution is 5.91. The number of nitrogens with zero attached hydrogens (tertiary/aromatic N) is 3. The van der Waals surface area contributed by atoms with Crippen LogP contribution in [0.2, 0.25) is 0 Å². The zero-order chi connectivity index (χ0) is 37.0. The van der Waals surface area contributed by atoms with Crippen LogP contribution in [-0.4, -0.2) is 51.0 Å². The van der Waals surface area contributed by atoms with Crippen molar-refractivity contribution in [2.24, 2.45) is 34.5 Å². The molecule has 0 radical (unpaired) electrons. The first-order valence-electron chi connectivity index (χ1n) is 16.4. The molecule has 15 nitrogen and oxygen atoms in total. The minimum Gasteiger partial charge on any atom is -0.458 e. The van der Waals surface area contributed by atoms with Gasteiger partial charge in [-0.2, -0.15) is 0 Å². The van der Waals surface area contributed by atoms with Crippen molar-refractivity contribution in [2.45, 2.75) is 58.8 Å². The largest absolute Gasteiger partial charge is 0.458 e. The number of fused-ring (bicyclic) bond motifs is 5. The molecule has 0 unspecified atom stereocenters. The number of hydrogen-bond acceptors (Lipinski definition) is 12. The highest BCUT2D eigenvalue weighted by atomic mass is 16.6. The van der Waals surface area contributed by atoms with Gasteiger partial charge in [0.25, 0.3) is 17.1 Å². The van der Waals surface area contributed by atoms with Crippen molar-refractivity contribution < 1.29 is 43.4 Å². The summed E-state index contributed by atoms with van der Waals surface area (Å²) in [5.74, 6) is -2.72. The van der Waals surface area contributed by atoms with Gasteiger partial charge in [-0.3, -0.25) is 30.3 Å². The average molecular weight is 702 g/mol. The smallest absolute Gasteiger partial charge is 0.338 e. The van der Waals surface area contributed by atoms with Gasteiger partial charge in [-0.1, -0.05) is 27.7 Å². The molecule has 5 aliphatic rings. The molecule has 0 amide bonds. The third kappa shape index (κ3) is 6.06. The molecule has 0 N–H and O–H groups in total. The number of nitro groups is 3. The molecular formula is C36H35N3O12. The number of benzene rings is 3. The number of non-ortho nitro benzene ring substituents is 3. The number of rotatable bonds is 9. The van der Waals surface area contributed by atoms with Crippen molar-refractivity contribution >= 4 is 35.0 Å². The average Bonchev–Trinajstić information content (AvgIpc) is 3.20. The second-order valence-electron chi connectivity index (χ2n) is 14.4. The summed E-state index contributed by atoms with van der Waals surface area (Å²) >= 11 is 0. The quantitative estimate of drug-likeness (QED) is 0.0985. The van der Waals surface area contributed by atoms with E-state index < -0.39 is 61.8 Å². The van der Waals surface area contributed by atoms with Crippen LogP contribution in [0.5, 0.6) is 0 Å². The second kappa shape index (κ2) is 12.9. The zero-order valence-corrected chi connectivity index (χ0v) is 28.1. The van der Waals surface area contributed by atoms with Crippen molar-refractivity contribution in [3.63, 3.8) is 0 Å². The van der Waals surface area contributed by atoms with Crippen LogP contribution in [0, 0.1) is 64.8 Å². The predicted molar refractivity (Wildman–Crippen MR) is 178 cm³/mol. The summed E-state index contributed by atoms with van der Waals surface area (Å²) in [4.78, 5) is 72.4. The third-order valence-corrected chi connectivity index (χ3v) is 11.3. The van der Waals surface area contributed by atoms with Gasteiger partial charge >= 0.3 is 17.9 Å². The summed E-state index contributed by atoms with van der Waals surface area (Å²) in [6.45, 7) is 7.93. The monoisotopic (exact) mass is 701 g/mol. The van der Waals surface area contributed by atoms with E-state index in [1.54, 1.807) is 0 Å². The van der Waals surface area contributed by atoms with E-state index in [1.807, 2.05) is 27.7 Å². The molecule has 0 saturated heterocycles. The fraction of sp³-hybridized carbons (Fsp3) is 0.417. The third-order valence-electron chi connectivity index (χ3n) is 11.3. The van der Waals surface area contributed by atoms with Gasteiger partial charge < -0.3 is 14.2 Å². The lowest BCUT2D eigenvalue weighted by molar-refractivity contribution is -0.385. The topological polar surface area (TPSA) is 208 Å². The van der Waals surface area contributed by atoms with Gasteiger partial charge in [0.2, 0.25) is 0 Å². The maximum atomic E-state index is 13.6. The highest BCUT2D eigenvalue weighted by Gasteiger charge is 2.76. The number of ether oxygens (including phenoxy) is 3. The van der Waals surface area contributed by atoms with Crippen LogP contribution >= 0.6 is 0 Å². The first-order valence-corrected chi connectivity index (χ1v) is 16.4. The number of carbonyl (C=O) groups is 3. The predicted octanol–water partition coefficient (Wildman–Crippen LogP) is 6.73. The van der Waals surface area contributed by atoms with Crippen LogP contribution in [-0.2, 0) is 14.2 Å². The Bertz CT molecular complexity index is 1910. The Morgan fingerprint density at radius 2 is 0.941 bits per heavy atom. The molecule has 0 spiro atoms. The van der Waals surface area contributed by atoms with E-state index in [0.29, 0.717) is 6.42 Å². The standard InChI is InChI=1S/C36H35N3O12/c1-19-17-26(49-32(40)20-5-11-23(12-6-20)37(43)44)30-31-29(19)36(30,4)28(51-34(42)22-9-15-25(16-10-22)39(47)48)18-27(35(31,2)3)50-33(41)21-7-13-24(14-8-21)38(45)46/h5-16,19,26-31H,17-18H2,1-4H3/t19-,26+,27+,28+,29-,30+,31-,36+/m0/s1. The number of hydrogen-bond donors (Lipinski definition) is 0. The van der Waals surface area contributed by atoms with Crippen LogP contribution in [0.25, 0.3) is 0 Å². The Labute approximate surface area is 291 Å². The Balaban J connectivity index is 1.34. The minimum atomic E-state index is -0.855. The summed E-state index contributed by atoms with van der Waals surface area (Å²) in [7, 11) is 0. The molecule has 0 aliphatic heterocycles. The van der Waals surface area contributed by atoms with Gasteiger partial charge in [0, 0.05) is 59.6 Å². The first-order chi connectivity index (χ1) is 24.0. The van der Waals surface area contributed by atoms with Crippen LogP contribution in [0.1, 0.15) is 71.6 Å². The summed E-state index contributed by atoms with van der Waals surface area (Å²) in [5, 5.41) is 33.5. The minimum absolute atomic E-state index is 0.0383. The molecule has 51 heavy (non-hydrogen) atoms. The van der Waals surface area contributed by atoms with Crippen molar-refractivity contribution in [2.75, 3.05) is 0 Å².